The fourth-order valence-electron chi connectivity index (χ4n) is 5.18. The number of hydrogen-bond donors (Lipinski definition) is 0. The molecular weight excluding hydrogens is 290 g/mol. The van der Waals surface area contributed by atoms with Crippen LogP contribution in [0, 0.1) is 34.5 Å². The van der Waals surface area contributed by atoms with E-state index in [0.29, 0.717) is 0 Å². The Kier molecular flexibility index (Phi) is 8.37. The van der Waals surface area contributed by atoms with E-state index in [-0.39, 0.29) is 5.41 Å². The van der Waals surface area contributed by atoms with Gasteiger partial charge in [0.1, 0.15) is 0 Å². The van der Waals surface area contributed by atoms with Gasteiger partial charge in [-0.2, -0.15) is 5.26 Å². The van der Waals surface area contributed by atoms with Crippen molar-refractivity contribution in [1.82, 2.24) is 0 Å². The molecule has 136 valence electrons. The first-order chi connectivity index (χ1) is 11.7. The van der Waals surface area contributed by atoms with Crippen LogP contribution in [0.4, 0.5) is 0 Å². The number of nitriles is 1. The maximum Gasteiger partial charge on any atom is 0.0689 e. The Labute approximate surface area is 150 Å². The van der Waals surface area contributed by atoms with Gasteiger partial charge in [-0.1, -0.05) is 57.9 Å². The van der Waals surface area contributed by atoms with Crippen LogP contribution in [0.3, 0.4) is 0 Å². The molecule has 0 heterocycles. The molecule has 0 aromatic heterocycles. The number of rotatable bonds is 9. The Morgan fingerprint density at radius 1 is 0.958 bits per heavy atom. The first-order valence-electron chi connectivity index (χ1n) is 10.7. The lowest BCUT2D eigenvalue weighted by Crippen LogP contribution is -2.27. The van der Waals surface area contributed by atoms with Gasteiger partial charge in [0, 0.05) is 0 Å². The van der Waals surface area contributed by atoms with Gasteiger partial charge in [-0.25, -0.2) is 0 Å². The number of allylic oxidation sites excluding steroid dienone is 1. The van der Waals surface area contributed by atoms with E-state index in [9.17, 15) is 5.26 Å². The zero-order chi connectivity index (χ0) is 17.3. The molecule has 2 rings (SSSR count). The molecular formula is C23H39N. The molecule has 0 unspecified atom stereocenters. The molecule has 1 nitrogen and oxygen atoms in total. The van der Waals surface area contributed by atoms with Crippen LogP contribution >= 0.6 is 0 Å². The van der Waals surface area contributed by atoms with E-state index < -0.39 is 0 Å². The van der Waals surface area contributed by atoms with Gasteiger partial charge in [0.15, 0.2) is 0 Å². The van der Waals surface area contributed by atoms with Crippen molar-refractivity contribution in [2.24, 2.45) is 23.2 Å². The van der Waals surface area contributed by atoms with Crippen molar-refractivity contribution in [1.29, 1.82) is 5.26 Å². The predicted octanol–water partition coefficient (Wildman–Crippen LogP) is 7.43. The van der Waals surface area contributed by atoms with Gasteiger partial charge in [-0.3, -0.25) is 0 Å². The molecule has 24 heavy (non-hydrogen) atoms. The molecule has 0 bridgehead atoms. The van der Waals surface area contributed by atoms with Gasteiger partial charge in [0.25, 0.3) is 0 Å². The highest BCUT2D eigenvalue weighted by Gasteiger charge is 2.35. The van der Waals surface area contributed by atoms with Gasteiger partial charge in [0.2, 0.25) is 0 Å². The van der Waals surface area contributed by atoms with Crippen molar-refractivity contribution >= 4 is 0 Å². The first kappa shape index (κ1) is 19.6. The molecule has 2 aliphatic carbocycles. The predicted molar refractivity (Wildman–Crippen MR) is 104 cm³/mol. The summed E-state index contributed by atoms with van der Waals surface area (Å²) >= 11 is 0. The van der Waals surface area contributed by atoms with Crippen LogP contribution in [0.1, 0.15) is 103 Å². The Hall–Kier alpha value is -0.770. The van der Waals surface area contributed by atoms with Gasteiger partial charge in [-0.05, 0) is 69.1 Å². The van der Waals surface area contributed by atoms with Crippen molar-refractivity contribution in [3.63, 3.8) is 0 Å². The van der Waals surface area contributed by atoms with Crippen LogP contribution in [0.15, 0.2) is 12.7 Å². The number of hydrogen-bond acceptors (Lipinski definition) is 1. The molecule has 1 heteroatoms. The average Bonchev–Trinajstić information content (AvgIpc) is 2.63. The molecule has 2 aliphatic rings. The van der Waals surface area contributed by atoms with Gasteiger partial charge < -0.3 is 0 Å². The van der Waals surface area contributed by atoms with Crippen molar-refractivity contribution in [2.75, 3.05) is 0 Å². The van der Waals surface area contributed by atoms with Crippen LogP contribution < -0.4 is 0 Å². The second-order valence-electron chi connectivity index (χ2n) is 8.77. The summed E-state index contributed by atoms with van der Waals surface area (Å²) in [5.41, 5.74) is 0.0230. The average molecular weight is 330 g/mol. The topological polar surface area (TPSA) is 23.8 Å². The summed E-state index contributed by atoms with van der Waals surface area (Å²) in [6.45, 7) is 6.14. The van der Waals surface area contributed by atoms with E-state index in [1.165, 1.54) is 77.0 Å². The molecule has 0 radical (unpaired) electrons. The second kappa shape index (κ2) is 10.3. The zero-order valence-corrected chi connectivity index (χ0v) is 16.1. The monoisotopic (exact) mass is 329 g/mol. The Morgan fingerprint density at radius 3 is 2.08 bits per heavy atom. The summed E-state index contributed by atoms with van der Waals surface area (Å²) in [5.74, 6) is 2.78. The van der Waals surface area contributed by atoms with E-state index in [2.05, 4.69) is 19.6 Å². The summed E-state index contributed by atoms with van der Waals surface area (Å²) in [7, 11) is 0. The van der Waals surface area contributed by atoms with E-state index in [1.807, 2.05) is 6.08 Å². The summed E-state index contributed by atoms with van der Waals surface area (Å²) in [6.07, 6.45) is 21.7. The third kappa shape index (κ3) is 5.94. The highest BCUT2D eigenvalue weighted by molar-refractivity contribution is 5.01. The lowest BCUT2D eigenvalue weighted by atomic mass is 9.66. The minimum Gasteiger partial charge on any atom is -0.198 e. The third-order valence-electron chi connectivity index (χ3n) is 7.01. The Balaban J connectivity index is 1.69. The van der Waals surface area contributed by atoms with Gasteiger partial charge in [0.05, 0.1) is 11.5 Å². The standard InChI is InChI=1S/C23H39N/c1-3-5-6-8-21-13-16-23(19-24,17-14-21)18-15-22-11-9-20(7-4-2)10-12-22/h3,20-22H,1,4-18H2,2H3/t20-,21-,22-,23-. The van der Waals surface area contributed by atoms with Crippen LogP contribution in [0.2, 0.25) is 0 Å². The van der Waals surface area contributed by atoms with Crippen molar-refractivity contribution < 1.29 is 0 Å². The fraction of sp³-hybridized carbons (Fsp3) is 0.870. The largest absolute Gasteiger partial charge is 0.198 e. The Morgan fingerprint density at radius 2 is 1.54 bits per heavy atom. The second-order valence-corrected chi connectivity index (χ2v) is 8.77. The maximum atomic E-state index is 9.82. The molecule has 0 saturated heterocycles. The molecule has 2 saturated carbocycles. The van der Waals surface area contributed by atoms with E-state index in [1.54, 1.807) is 0 Å². The third-order valence-corrected chi connectivity index (χ3v) is 7.01. The highest BCUT2D eigenvalue weighted by Crippen LogP contribution is 2.45. The van der Waals surface area contributed by atoms with Crippen LogP contribution in [-0.2, 0) is 0 Å². The molecule has 0 aromatic carbocycles. The van der Waals surface area contributed by atoms with Crippen LogP contribution in [0.5, 0.6) is 0 Å². The van der Waals surface area contributed by atoms with Gasteiger partial charge in [-0.15, -0.1) is 6.58 Å². The summed E-state index contributed by atoms with van der Waals surface area (Å²) in [6, 6.07) is 2.76. The zero-order valence-electron chi connectivity index (χ0n) is 16.1. The summed E-state index contributed by atoms with van der Waals surface area (Å²) < 4.78 is 0. The van der Waals surface area contributed by atoms with Crippen LogP contribution in [0.25, 0.3) is 0 Å². The maximum absolute atomic E-state index is 9.82. The van der Waals surface area contributed by atoms with Crippen molar-refractivity contribution in [3.8, 4) is 6.07 Å². The Bertz CT molecular complexity index is 389. The first-order valence-corrected chi connectivity index (χ1v) is 10.7. The van der Waals surface area contributed by atoms with Crippen molar-refractivity contribution in [3.05, 3.63) is 12.7 Å². The molecule has 0 aliphatic heterocycles. The lowest BCUT2D eigenvalue weighted by Gasteiger charge is -2.37. The van der Waals surface area contributed by atoms with Gasteiger partial charge >= 0.3 is 0 Å². The summed E-state index contributed by atoms with van der Waals surface area (Å²) in [5, 5.41) is 9.82. The number of nitrogens with zero attached hydrogens (tertiary/aromatic N) is 1. The highest BCUT2D eigenvalue weighted by atomic mass is 14.4. The molecule has 0 spiro atoms. The van der Waals surface area contributed by atoms with Crippen molar-refractivity contribution in [2.45, 2.75) is 103 Å². The smallest absolute Gasteiger partial charge is 0.0689 e. The van der Waals surface area contributed by atoms with E-state index in [0.717, 1.165) is 37.0 Å². The molecule has 0 N–H and O–H groups in total. The van der Waals surface area contributed by atoms with E-state index in [4.69, 9.17) is 0 Å². The molecule has 0 atom stereocenters. The molecule has 0 amide bonds. The minimum absolute atomic E-state index is 0.0230. The molecule has 2 fully saturated rings. The molecule has 0 aromatic rings. The van der Waals surface area contributed by atoms with E-state index >= 15 is 0 Å². The fourth-order valence-corrected chi connectivity index (χ4v) is 5.18. The lowest BCUT2D eigenvalue weighted by molar-refractivity contribution is 0.163. The SMILES string of the molecule is C=CCCC[C@H]1CC[C@@](C#N)(CC[C@H]2CC[C@H](CCC)CC2)CC1. The van der Waals surface area contributed by atoms with Crippen LogP contribution in [-0.4, -0.2) is 0 Å². The quantitative estimate of drug-likeness (QED) is 0.319. The normalized spacial score (nSPS) is 33.8. The number of unbranched alkanes of at least 4 members (excludes halogenated alkanes) is 1. The minimum atomic E-state index is 0.0230. The summed E-state index contributed by atoms with van der Waals surface area (Å²) in [4.78, 5) is 0.